The van der Waals surface area contributed by atoms with Gasteiger partial charge in [-0.15, -0.1) is 0 Å². The maximum absolute atomic E-state index is 12.3. The van der Waals surface area contributed by atoms with Crippen molar-refractivity contribution in [3.63, 3.8) is 0 Å². The number of ketones is 2. The molecule has 0 saturated heterocycles. The molecule has 0 fully saturated rings. The number of hydrogen-bond donors (Lipinski definition) is 1. The van der Waals surface area contributed by atoms with Gasteiger partial charge in [-0.2, -0.15) is 0 Å². The van der Waals surface area contributed by atoms with Crippen LogP contribution in [0.25, 0.3) is 0 Å². The smallest absolute Gasteiger partial charge is 0.193 e. The van der Waals surface area contributed by atoms with Gasteiger partial charge in [0, 0.05) is 11.1 Å². The molecule has 0 aromatic heterocycles. The first-order chi connectivity index (χ1) is 14.4. The fourth-order valence-corrected chi connectivity index (χ4v) is 4.86. The van der Waals surface area contributed by atoms with E-state index in [2.05, 4.69) is 43.6 Å². The fraction of sp³-hybridized carbons (Fsp3) is 0.778. The minimum absolute atomic E-state index is 0.0886. The van der Waals surface area contributed by atoms with Crippen molar-refractivity contribution in [2.45, 2.75) is 118 Å². The van der Waals surface area contributed by atoms with Gasteiger partial charge in [0.15, 0.2) is 11.6 Å². The highest BCUT2D eigenvalue weighted by molar-refractivity contribution is 9.12. The van der Waals surface area contributed by atoms with Gasteiger partial charge in [0.1, 0.15) is 0 Å². The molecule has 0 aromatic carbocycles. The van der Waals surface area contributed by atoms with E-state index in [1.807, 2.05) is 6.92 Å². The Balaban J connectivity index is 2.27. The van der Waals surface area contributed by atoms with Crippen molar-refractivity contribution >= 4 is 27.5 Å². The maximum Gasteiger partial charge on any atom is 0.193 e. The number of hydrogen-bond acceptors (Lipinski definition) is 3. The highest BCUT2D eigenvalue weighted by Gasteiger charge is 2.28. The van der Waals surface area contributed by atoms with Gasteiger partial charge in [-0.05, 0) is 72.9 Å². The number of aliphatic hydroxyl groups is 1. The van der Waals surface area contributed by atoms with Crippen LogP contribution < -0.4 is 0 Å². The van der Waals surface area contributed by atoms with Crippen LogP contribution >= 0.6 is 15.9 Å². The van der Waals surface area contributed by atoms with E-state index in [1.54, 1.807) is 6.92 Å². The average Bonchev–Trinajstić information content (AvgIpc) is 2.66. The monoisotopic (exact) mass is 496 g/mol. The Morgan fingerprint density at radius 3 is 1.97 bits per heavy atom. The molecule has 1 aliphatic rings. The molecule has 1 N–H and O–H groups in total. The summed E-state index contributed by atoms with van der Waals surface area (Å²) in [4.78, 5) is 24.3. The lowest BCUT2D eigenvalue weighted by Crippen LogP contribution is -2.26. The van der Waals surface area contributed by atoms with Gasteiger partial charge in [-0.25, -0.2) is 0 Å². The Morgan fingerprint density at radius 2 is 1.42 bits per heavy atom. The van der Waals surface area contributed by atoms with Gasteiger partial charge in [-0.1, -0.05) is 79.1 Å². The second-order valence-corrected chi connectivity index (χ2v) is 11.5. The van der Waals surface area contributed by atoms with E-state index in [-0.39, 0.29) is 11.6 Å². The maximum atomic E-state index is 12.3. The van der Waals surface area contributed by atoms with Gasteiger partial charge in [0.05, 0.1) is 10.1 Å². The molecule has 1 rings (SSSR count). The van der Waals surface area contributed by atoms with Gasteiger partial charge >= 0.3 is 0 Å². The van der Waals surface area contributed by atoms with Gasteiger partial charge < -0.3 is 5.11 Å². The Bertz CT molecular complexity index is 657. The Kier molecular flexibility index (Phi) is 12.5. The first kappa shape index (κ1) is 28.3. The minimum Gasteiger partial charge on any atom is -0.390 e. The van der Waals surface area contributed by atoms with E-state index < -0.39 is 5.60 Å². The molecule has 0 aromatic rings. The summed E-state index contributed by atoms with van der Waals surface area (Å²) in [5.74, 6) is 2.08. The van der Waals surface area contributed by atoms with Crippen LogP contribution in [0.2, 0.25) is 0 Å². The van der Waals surface area contributed by atoms with Gasteiger partial charge in [-0.3, -0.25) is 9.59 Å². The standard InChI is InChI=1S/C27H45BrO3/c1-19(2)10-7-11-20(3)12-8-13-21(4)14-9-16-27(6,31)17-15-23-25(28)24(29)18-22(5)26(23)30/h18-21,31H,7-17H2,1-6H3/t20-,21-,27?/m1/s1. The normalized spacial score (nSPS) is 18.9. The van der Waals surface area contributed by atoms with Crippen LogP contribution in [0.3, 0.4) is 0 Å². The van der Waals surface area contributed by atoms with E-state index in [0.717, 1.165) is 31.1 Å². The zero-order valence-electron chi connectivity index (χ0n) is 20.7. The molecule has 3 nitrogen and oxygen atoms in total. The molecule has 0 amide bonds. The average molecular weight is 498 g/mol. The lowest BCUT2D eigenvalue weighted by Gasteiger charge is -2.25. The van der Waals surface area contributed by atoms with Crippen molar-refractivity contribution in [3.8, 4) is 0 Å². The van der Waals surface area contributed by atoms with Crippen LogP contribution in [0.15, 0.2) is 21.7 Å². The molecule has 178 valence electrons. The highest BCUT2D eigenvalue weighted by atomic mass is 79.9. The molecule has 3 atom stereocenters. The third-order valence-corrected chi connectivity index (χ3v) is 7.53. The first-order valence-corrected chi connectivity index (χ1v) is 13.1. The predicted molar refractivity (Wildman–Crippen MR) is 134 cm³/mol. The summed E-state index contributed by atoms with van der Waals surface area (Å²) in [5, 5.41) is 10.8. The Morgan fingerprint density at radius 1 is 0.903 bits per heavy atom. The number of allylic oxidation sites excluding steroid dienone is 4. The lowest BCUT2D eigenvalue weighted by molar-refractivity contribution is -0.115. The van der Waals surface area contributed by atoms with Crippen molar-refractivity contribution in [2.75, 3.05) is 0 Å². The predicted octanol–water partition coefficient (Wildman–Crippen LogP) is 7.70. The van der Waals surface area contributed by atoms with Crippen LogP contribution in [0.4, 0.5) is 0 Å². The van der Waals surface area contributed by atoms with E-state index in [0.29, 0.717) is 34.4 Å². The quantitative estimate of drug-likeness (QED) is 0.236. The molecule has 0 saturated carbocycles. The molecule has 0 bridgehead atoms. The Hall–Kier alpha value is -0.740. The highest BCUT2D eigenvalue weighted by Crippen LogP contribution is 2.31. The third-order valence-electron chi connectivity index (χ3n) is 6.66. The summed E-state index contributed by atoms with van der Waals surface area (Å²) in [5.41, 5.74) is 0.163. The summed E-state index contributed by atoms with van der Waals surface area (Å²) >= 11 is 3.26. The minimum atomic E-state index is -0.816. The van der Waals surface area contributed by atoms with Gasteiger partial charge in [0.25, 0.3) is 0 Å². The molecule has 1 aliphatic carbocycles. The summed E-state index contributed by atoms with van der Waals surface area (Å²) in [6.45, 7) is 12.8. The summed E-state index contributed by atoms with van der Waals surface area (Å²) in [7, 11) is 0. The lowest BCUT2D eigenvalue weighted by atomic mass is 9.86. The molecule has 0 aliphatic heterocycles. The number of carbonyl (C=O) groups is 2. The van der Waals surface area contributed by atoms with Crippen molar-refractivity contribution in [2.24, 2.45) is 17.8 Å². The molecular formula is C27H45BrO3. The largest absolute Gasteiger partial charge is 0.390 e. The summed E-state index contributed by atoms with van der Waals surface area (Å²) in [6.07, 6.45) is 13.1. The van der Waals surface area contributed by atoms with Crippen LogP contribution in [0.1, 0.15) is 112 Å². The van der Waals surface area contributed by atoms with E-state index >= 15 is 0 Å². The van der Waals surface area contributed by atoms with E-state index in [4.69, 9.17) is 0 Å². The fourth-order valence-electron chi connectivity index (χ4n) is 4.36. The first-order valence-electron chi connectivity index (χ1n) is 12.3. The SMILES string of the molecule is CC1=CC(=O)C(Br)=C(CCC(C)(O)CCC[C@H](C)CCC[C@H](C)CCCC(C)C)C1=O. The summed E-state index contributed by atoms with van der Waals surface area (Å²) < 4.78 is 0.353. The molecule has 0 radical (unpaired) electrons. The zero-order valence-corrected chi connectivity index (χ0v) is 22.3. The second kappa shape index (κ2) is 13.7. The molecule has 4 heteroatoms. The second-order valence-electron chi connectivity index (χ2n) is 10.7. The van der Waals surface area contributed by atoms with E-state index in [1.165, 1.54) is 44.6 Å². The van der Waals surface area contributed by atoms with Crippen LogP contribution in [0, 0.1) is 17.8 Å². The topological polar surface area (TPSA) is 54.4 Å². The number of rotatable bonds is 15. The molecule has 0 spiro atoms. The number of Topliss-reactive ketones (excluding diaryl/α,β-unsaturated/α-hetero) is 1. The molecular weight excluding hydrogens is 452 g/mol. The zero-order chi connectivity index (χ0) is 23.6. The van der Waals surface area contributed by atoms with Crippen molar-refractivity contribution in [3.05, 3.63) is 21.7 Å². The summed E-state index contributed by atoms with van der Waals surface area (Å²) in [6, 6.07) is 0. The van der Waals surface area contributed by atoms with Crippen molar-refractivity contribution < 1.29 is 14.7 Å². The molecule has 31 heavy (non-hydrogen) atoms. The Labute approximate surface area is 199 Å². The van der Waals surface area contributed by atoms with Crippen LogP contribution in [-0.4, -0.2) is 22.3 Å². The van der Waals surface area contributed by atoms with Crippen LogP contribution in [0.5, 0.6) is 0 Å². The van der Waals surface area contributed by atoms with Crippen LogP contribution in [-0.2, 0) is 9.59 Å². The van der Waals surface area contributed by atoms with E-state index in [9.17, 15) is 14.7 Å². The number of carbonyl (C=O) groups excluding carboxylic acids is 2. The van der Waals surface area contributed by atoms with Crippen molar-refractivity contribution in [1.29, 1.82) is 0 Å². The molecule has 0 heterocycles. The van der Waals surface area contributed by atoms with Gasteiger partial charge in [0.2, 0.25) is 0 Å². The number of halogens is 1. The van der Waals surface area contributed by atoms with Crippen molar-refractivity contribution in [1.82, 2.24) is 0 Å². The molecule has 1 unspecified atom stereocenters. The third kappa shape index (κ3) is 11.1.